The summed E-state index contributed by atoms with van der Waals surface area (Å²) in [5.41, 5.74) is 0. The smallest absolute Gasteiger partial charge is 0.239 e. The second kappa shape index (κ2) is 5.63. The predicted molar refractivity (Wildman–Crippen MR) is 65.7 cm³/mol. The molecule has 96 valence electrons. The van der Waals surface area contributed by atoms with E-state index in [-0.39, 0.29) is 17.7 Å². The van der Waals surface area contributed by atoms with E-state index in [1.165, 1.54) is 6.42 Å². The zero-order valence-corrected chi connectivity index (χ0v) is 10.7. The Labute approximate surface area is 103 Å². The van der Waals surface area contributed by atoms with Gasteiger partial charge < -0.3 is 4.90 Å². The normalized spacial score (nSPS) is 24.8. The lowest BCUT2D eigenvalue weighted by molar-refractivity contribution is -0.138. The topological polar surface area (TPSA) is 40.6 Å². The van der Waals surface area contributed by atoms with Crippen LogP contribution in [0.1, 0.15) is 39.0 Å². The summed E-state index contributed by atoms with van der Waals surface area (Å²) < 4.78 is 0. The zero-order valence-electron chi connectivity index (χ0n) is 10.7. The van der Waals surface area contributed by atoms with Crippen molar-refractivity contribution in [3.63, 3.8) is 0 Å². The van der Waals surface area contributed by atoms with Gasteiger partial charge in [-0.25, -0.2) is 0 Å². The van der Waals surface area contributed by atoms with Crippen LogP contribution in [-0.2, 0) is 9.59 Å². The second-order valence-electron chi connectivity index (χ2n) is 5.17. The van der Waals surface area contributed by atoms with Crippen LogP contribution in [0.4, 0.5) is 0 Å². The maximum Gasteiger partial charge on any atom is 0.239 e. The first-order valence-corrected chi connectivity index (χ1v) is 6.73. The highest BCUT2D eigenvalue weighted by atomic mass is 16.2. The third-order valence-corrected chi connectivity index (χ3v) is 3.85. The van der Waals surface area contributed by atoms with Gasteiger partial charge >= 0.3 is 0 Å². The van der Waals surface area contributed by atoms with Gasteiger partial charge in [0.1, 0.15) is 5.78 Å². The molecule has 0 aliphatic carbocycles. The average Bonchev–Trinajstić information content (AvgIpc) is 2.38. The van der Waals surface area contributed by atoms with Crippen molar-refractivity contribution in [2.75, 3.05) is 26.2 Å². The molecule has 1 amide bonds. The van der Waals surface area contributed by atoms with E-state index in [1.54, 1.807) is 0 Å². The van der Waals surface area contributed by atoms with Gasteiger partial charge in [-0.15, -0.1) is 0 Å². The highest BCUT2D eigenvalue weighted by Gasteiger charge is 2.29. The van der Waals surface area contributed by atoms with Gasteiger partial charge in [-0.05, 0) is 39.2 Å². The Kier molecular flexibility index (Phi) is 4.15. The summed E-state index contributed by atoms with van der Waals surface area (Å²) in [6.07, 6.45) is 5.06. The molecule has 4 nitrogen and oxygen atoms in total. The standard InChI is InChI=1S/C13H22N2O2/c1-11(15-9-5-6-12(16)10-15)13(17)14-7-3-2-4-8-14/h11H,2-10H2,1H3. The molecule has 2 rings (SSSR count). The molecule has 0 aromatic carbocycles. The van der Waals surface area contributed by atoms with Gasteiger partial charge in [0.2, 0.25) is 5.91 Å². The molecule has 2 aliphatic heterocycles. The Hall–Kier alpha value is -0.900. The van der Waals surface area contributed by atoms with E-state index in [0.29, 0.717) is 13.0 Å². The molecule has 1 atom stereocenters. The van der Waals surface area contributed by atoms with Crippen molar-refractivity contribution < 1.29 is 9.59 Å². The largest absolute Gasteiger partial charge is 0.341 e. The van der Waals surface area contributed by atoms with Crippen LogP contribution in [0.25, 0.3) is 0 Å². The van der Waals surface area contributed by atoms with E-state index in [2.05, 4.69) is 0 Å². The SMILES string of the molecule is CC(C(=O)N1CCCCC1)N1CCCC(=O)C1. The molecule has 2 heterocycles. The van der Waals surface area contributed by atoms with Crippen LogP contribution in [-0.4, -0.2) is 53.7 Å². The van der Waals surface area contributed by atoms with Gasteiger partial charge in [0.25, 0.3) is 0 Å². The number of rotatable bonds is 2. The Balaban J connectivity index is 1.91. The molecular weight excluding hydrogens is 216 g/mol. The third-order valence-electron chi connectivity index (χ3n) is 3.85. The fourth-order valence-corrected chi connectivity index (χ4v) is 2.73. The number of nitrogens with zero attached hydrogens (tertiary/aromatic N) is 2. The number of hydrogen-bond acceptors (Lipinski definition) is 3. The molecule has 2 fully saturated rings. The van der Waals surface area contributed by atoms with Crippen LogP contribution in [0.3, 0.4) is 0 Å². The molecular formula is C13H22N2O2. The summed E-state index contributed by atoms with van der Waals surface area (Å²) in [7, 11) is 0. The number of amides is 1. The summed E-state index contributed by atoms with van der Waals surface area (Å²) >= 11 is 0. The van der Waals surface area contributed by atoms with Crippen molar-refractivity contribution in [2.24, 2.45) is 0 Å². The summed E-state index contributed by atoms with van der Waals surface area (Å²) in [6.45, 7) is 5.07. The molecule has 0 spiro atoms. The van der Waals surface area contributed by atoms with E-state index in [4.69, 9.17) is 0 Å². The van der Waals surface area contributed by atoms with Crippen molar-refractivity contribution in [1.29, 1.82) is 0 Å². The average molecular weight is 238 g/mol. The van der Waals surface area contributed by atoms with Gasteiger partial charge in [0.05, 0.1) is 12.6 Å². The van der Waals surface area contributed by atoms with Crippen molar-refractivity contribution >= 4 is 11.7 Å². The molecule has 2 saturated heterocycles. The Morgan fingerprint density at radius 1 is 1.12 bits per heavy atom. The first-order chi connectivity index (χ1) is 8.18. The fraction of sp³-hybridized carbons (Fsp3) is 0.846. The van der Waals surface area contributed by atoms with Gasteiger partial charge in [-0.2, -0.15) is 0 Å². The molecule has 0 saturated carbocycles. The molecule has 17 heavy (non-hydrogen) atoms. The monoisotopic (exact) mass is 238 g/mol. The lowest BCUT2D eigenvalue weighted by Crippen LogP contribution is -2.51. The van der Waals surface area contributed by atoms with Gasteiger partial charge in [0, 0.05) is 19.5 Å². The minimum absolute atomic E-state index is 0.127. The van der Waals surface area contributed by atoms with E-state index < -0.39 is 0 Å². The van der Waals surface area contributed by atoms with Crippen molar-refractivity contribution in [1.82, 2.24) is 9.80 Å². The number of ketones is 1. The predicted octanol–water partition coefficient (Wildman–Crippen LogP) is 1.05. The second-order valence-corrected chi connectivity index (χ2v) is 5.17. The molecule has 0 radical (unpaired) electrons. The van der Waals surface area contributed by atoms with Crippen LogP contribution in [0.5, 0.6) is 0 Å². The number of likely N-dealkylation sites (tertiary alicyclic amines) is 2. The van der Waals surface area contributed by atoms with Crippen molar-refractivity contribution in [3.8, 4) is 0 Å². The summed E-state index contributed by atoms with van der Waals surface area (Å²) in [5, 5.41) is 0. The minimum atomic E-state index is -0.127. The van der Waals surface area contributed by atoms with E-state index in [9.17, 15) is 9.59 Å². The van der Waals surface area contributed by atoms with Crippen LogP contribution in [0.2, 0.25) is 0 Å². The number of carbonyl (C=O) groups is 2. The Bertz CT molecular complexity index is 298. The molecule has 0 aromatic heterocycles. The number of piperidine rings is 2. The van der Waals surface area contributed by atoms with Gasteiger partial charge in [0.15, 0.2) is 0 Å². The van der Waals surface area contributed by atoms with Crippen molar-refractivity contribution in [2.45, 2.75) is 45.1 Å². The molecule has 1 unspecified atom stereocenters. The highest BCUT2D eigenvalue weighted by Crippen LogP contribution is 2.15. The molecule has 0 N–H and O–H groups in total. The van der Waals surface area contributed by atoms with E-state index in [0.717, 1.165) is 38.9 Å². The Morgan fingerprint density at radius 2 is 1.82 bits per heavy atom. The molecule has 4 heteroatoms. The van der Waals surface area contributed by atoms with Crippen molar-refractivity contribution in [3.05, 3.63) is 0 Å². The van der Waals surface area contributed by atoms with Crippen LogP contribution in [0, 0.1) is 0 Å². The first kappa shape index (κ1) is 12.6. The number of Topliss-reactive ketones (excluding diaryl/α,β-unsaturated/α-hetero) is 1. The number of carbonyl (C=O) groups excluding carboxylic acids is 2. The fourth-order valence-electron chi connectivity index (χ4n) is 2.73. The number of hydrogen-bond donors (Lipinski definition) is 0. The lowest BCUT2D eigenvalue weighted by Gasteiger charge is -2.35. The minimum Gasteiger partial charge on any atom is -0.341 e. The first-order valence-electron chi connectivity index (χ1n) is 6.73. The van der Waals surface area contributed by atoms with E-state index in [1.807, 2.05) is 16.7 Å². The summed E-state index contributed by atoms with van der Waals surface area (Å²) in [4.78, 5) is 27.7. The lowest BCUT2D eigenvalue weighted by atomic mass is 10.1. The molecule has 0 aromatic rings. The zero-order chi connectivity index (χ0) is 12.3. The maximum absolute atomic E-state index is 12.3. The quantitative estimate of drug-likeness (QED) is 0.722. The van der Waals surface area contributed by atoms with Gasteiger partial charge in [-0.3, -0.25) is 14.5 Å². The van der Waals surface area contributed by atoms with Gasteiger partial charge in [-0.1, -0.05) is 0 Å². The van der Waals surface area contributed by atoms with Crippen LogP contribution >= 0.6 is 0 Å². The van der Waals surface area contributed by atoms with Crippen LogP contribution in [0.15, 0.2) is 0 Å². The summed E-state index contributed by atoms with van der Waals surface area (Å²) in [5.74, 6) is 0.481. The Morgan fingerprint density at radius 3 is 2.47 bits per heavy atom. The third kappa shape index (κ3) is 3.06. The molecule has 0 bridgehead atoms. The van der Waals surface area contributed by atoms with E-state index >= 15 is 0 Å². The van der Waals surface area contributed by atoms with Crippen LogP contribution < -0.4 is 0 Å². The summed E-state index contributed by atoms with van der Waals surface area (Å²) in [6, 6.07) is -0.127. The maximum atomic E-state index is 12.3. The molecule has 2 aliphatic rings. The highest BCUT2D eigenvalue weighted by molar-refractivity contribution is 5.84.